The third kappa shape index (κ3) is 3.67. The van der Waals surface area contributed by atoms with Gasteiger partial charge in [-0.15, -0.1) is 11.3 Å². The van der Waals surface area contributed by atoms with Crippen molar-refractivity contribution >= 4 is 35.5 Å². The van der Waals surface area contributed by atoms with E-state index in [9.17, 15) is 4.79 Å². The number of thiol groups is 1. The fourth-order valence-corrected chi connectivity index (χ4v) is 8.32. The summed E-state index contributed by atoms with van der Waals surface area (Å²) in [6, 6.07) is 0. The van der Waals surface area contributed by atoms with E-state index in [-0.39, 0.29) is 5.78 Å². The molecule has 30 heavy (non-hydrogen) atoms. The van der Waals surface area contributed by atoms with Crippen molar-refractivity contribution in [1.82, 2.24) is 4.31 Å². The normalized spacial score (nSPS) is 33.1. The lowest BCUT2D eigenvalue weighted by Crippen LogP contribution is -2.22. The Morgan fingerprint density at radius 2 is 1.93 bits per heavy atom. The summed E-state index contributed by atoms with van der Waals surface area (Å²) >= 11 is 6.54. The molecule has 4 heteroatoms. The average Bonchev–Trinajstić information content (AvgIpc) is 3.30. The average molecular weight is 442 g/mol. The minimum absolute atomic E-state index is 0.257. The fraction of sp³-hybridized carbons (Fsp3) is 0.654. The summed E-state index contributed by atoms with van der Waals surface area (Å²) in [6.45, 7) is 11.1. The molecular formula is C26H35NOS2. The van der Waals surface area contributed by atoms with Gasteiger partial charge in [-0.2, -0.15) is 0 Å². The Hall–Kier alpha value is -0.840. The van der Waals surface area contributed by atoms with Gasteiger partial charge in [0.25, 0.3) is 0 Å². The molecule has 0 bridgehead atoms. The largest absolute Gasteiger partial charge is 0.294 e. The minimum atomic E-state index is 0.257. The molecule has 2 heterocycles. The van der Waals surface area contributed by atoms with E-state index in [1.807, 2.05) is 11.3 Å². The van der Waals surface area contributed by atoms with E-state index in [4.69, 9.17) is 0 Å². The molecule has 3 atom stereocenters. The highest BCUT2D eigenvalue weighted by Gasteiger charge is 2.43. The molecule has 0 amide bonds. The van der Waals surface area contributed by atoms with E-state index in [0.717, 1.165) is 49.8 Å². The van der Waals surface area contributed by atoms with Gasteiger partial charge in [-0.3, -0.25) is 9.10 Å². The summed E-state index contributed by atoms with van der Waals surface area (Å²) in [5.74, 6) is 3.08. The predicted molar refractivity (Wildman–Crippen MR) is 130 cm³/mol. The van der Waals surface area contributed by atoms with E-state index in [2.05, 4.69) is 50.0 Å². The second-order valence-corrected chi connectivity index (χ2v) is 12.8. The Labute approximate surface area is 191 Å². The zero-order chi connectivity index (χ0) is 21.2. The molecule has 0 spiro atoms. The van der Waals surface area contributed by atoms with Gasteiger partial charge in [-0.25, -0.2) is 0 Å². The Morgan fingerprint density at radius 1 is 1.23 bits per heavy atom. The van der Waals surface area contributed by atoms with Crippen LogP contribution in [0.25, 0.3) is 5.57 Å². The summed E-state index contributed by atoms with van der Waals surface area (Å²) in [5, 5.41) is 0. The van der Waals surface area contributed by atoms with Gasteiger partial charge in [-0.1, -0.05) is 45.7 Å². The van der Waals surface area contributed by atoms with E-state index >= 15 is 0 Å². The first-order valence-electron chi connectivity index (χ1n) is 11.7. The Bertz CT molecular complexity index is 923. The number of allylic oxidation sites excluding steroid dienone is 4. The van der Waals surface area contributed by atoms with Crippen molar-refractivity contribution < 1.29 is 4.79 Å². The van der Waals surface area contributed by atoms with Gasteiger partial charge in [0.15, 0.2) is 5.78 Å². The second kappa shape index (κ2) is 7.64. The molecule has 3 unspecified atom stereocenters. The van der Waals surface area contributed by atoms with Crippen molar-refractivity contribution in [2.45, 2.75) is 66.2 Å². The number of Topliss-reactive ketones (excluding diaryl/α,β-unsaturated/α-hetero) is 1. The van der Waals surface area contributed by atoms with Crippen LogP contribution in [0.5, 0.6) is 0 Å². The van der Waals surface area contributed by atoms with Gasteiger partial charge >= 0.3 is 0 Å². The lowest BCUT2D eigenvalue weighted by molar-refractivity contribution is 0.101. The van der Waals surface area contributed by atoms with Crippen molar-refractivity contribution in [3.8, 4) is 0 Å². The molecule has 1 aliphatic heterocycles. The topological polar surface area (TPSA) is 20.3 Å². The zero-order valence-electron chi connectivity index (χ0n) is 18.8. The number of aryl methyl sites for hydroxylation is 1. The number of carbonyl (C=O) groups is 1. The number of fused-ring (bicyclic) bond motifs is 2. The molecule has 1 saturated carbocycles. The van der Waals surface area contributed by atoms with Crippen LogP contribution < -0.4 is 0 Å². The van der Waals surface area contributed by atoms with Crippen LogP contribution in [0, 0.1) is 29.1 Å². The van der Waals surface area contributed by atoms with Gasteiger partial charge in [0.1, 0.15) is 0 Å². The lowest BCUT2D eigenvalue weighted by Gasteiger charge is -2.30. The number of ketones is 1. The number of hydrogen-bond acceptors (Lipinski definition) is 4. The summed E-state index contributed by atoms with van der Waals surface area (Å²) < 4.78 is 2.21. The number of nitrogens with zero attached hydrogens (tertiary/aromatic N) is 1. The first kappa shape index (κ1) is 21.0. The third-order valence-electron chi connectivity index (χ3n) is 8.01. The third-order valence-corrected chi connectivity index (χ3v) is 9.66. The maximum atomic E-state index is 12.9. The highest BCUT2D eigenvalue weighted by atomic mass is 32.1. The van der Waals surface area contributed by atoms with Gasteiger partial charge in [0.05, 0.1) is 0 Å². The molecule has 0 N–H and O–H groups in total. The maximum absolute atomic E-state index is 12.9. The summed E-state index contributed by atoms with van der Waals surface area (Å²) in [5.41, 5.74) is 5.67. The molecule has 5 rings (SSSR count). The first-order valence-corrected chi connectivity index (χ1v) is 13.0. The molecule has 162 valence electrons. The van der Waals surface area contributed by atoms with Crippen LogP contribution in [0.2, 0.25) is 0 Å². The second-order valence-electron chi connectivity index (χ2n) is 11.1. The van der Waals surface area contributed by atoms with E-state index in [0.29, 0.717) is 17.3 Å². The molecule has 1 aromatic rings. The number of thiophene rings is 1. The van der Waals surface area contributed by atoms with Crippen LogP contribution in [0.1, 0.15) is 79.1 Å². The molecule has 4 aliphatic rings. The number of hydrogen-bond donors (Lipinski definition) is 1. The molecular weight excluding hydrogens is 406 g/mol. The van der Waals surface area contributed by atoms with Crippen LogP contribution in [0.4, 0.5) is 0 Å². The number of rotatable bonds is 3. The maximum Gasteiger partial charge on any atom is 0.161 e. The lowest BCUT2D eigenvalue weighted by atomic mass is 9.75. The molecule has 3 aliphatic carbocycles. The van der Waals surface area contributed by atoms with E-state index in [1.165, 1.54) is 40.2 Å². The van der Waals surface area contributed by atoms with Crippen LogP contribution >= 0.6 is 24.2 Å². The van der Waals surface area contributed by atoms with Crippen LogP contribution in [0.15, 0.2) is 17.7 Å². The van der Waals surface area contributed by atoms with Gasteiger partial charge in [0, 0.05) is 28.4 Å². The van der Waals surface area contributed by atoms with Crippen molar-refractivity contribution in [2.24, 2.45) is 29.1 Å². The first-order chi connectivity index (χ1) is 14.2. The van der Waals surface area contributed by atoms with E-state index in [1.54, 1.807) is 12.5 Å². The van der Waals surface area contributed by atoms with Crippen molar-refractivity contribution in [3.05, 3.63) is 38.6 Å². The Morgan fingerprint density at radius 3 is 2.60 bits per heavy atom. The summed E-state index contributed by atoms with van der Waals surface area (Å²) in [6.07, 6.45) is 12.1. The quantitative estimate of drug-likeness (QED) is 0.420. The SMILES string of the molecule is CC(=O)c1c(C2=CCC(C)C=C2C2CC3CN(S)CC3C2)sc2c1CC(C)(C)CC2. The van der Waals surface area contributed by atoms with Gasteiger partial charge in [-0.05, 0) is 91.2 Å². The molecule has 2 fully saturated rings. The van der Waals surface area contributed by atoms with Crippen molar-refractivity contribution in [2.75, 3.05) is 13.1 Å². The van der Waals surface area contributed by atoms with E-state index < -0.39 is 0 Å². The zero-order valence-corrected chi connectivity index (χ0v) is 20.5. The van der Waals surface area contributed by atoms with Gasteiger partial charge in [0.2, 0.25) is 0 Å². The number of carbonyl (C=O) groups excluding carboxylic acids is 1. The van der Waals surface area contributed by atoms with Crippen molar-refractivity contribution in [3.63, 3.8) is 0 Å². The predicted octanol–water partition coefficient (Wildman–Crippen LogP) is 6.62. The highest BCUT2D eigenvalue weighted by molar-refractivity contribution is 7.77. The summed E-state index contributed by atoms with van der Waals surface area (Å²) in [7, 11) is 0. The minimum Gasteiger partial charge on any atom is -0.294 e. The fourth-order valence-electron chi connectivity index (χ4n) is 6.48. The van der Waals surface area contributed by atoms with Crippen LogP contribution in [-0.2, 0) is 12.8 Å². The Kier molecular flexibility index (Phi) is 5.35. The molecule has 2 nitrogen and oxygen atoms in total. The summed E-state index contributed by atoms with van der Waals surface area (Å²) in [4.78, 5) is 15.6. The van der Waals surface area contributed by atoms with Crippen LogP contribution in [-0.4, -0.2) is 23.2 Å². The molecule has 1 saturated heterocycles. The highest BCUT2D eigenvalue weighted by Crippen LogP contribution is 2.52. The Balaban J connectivity index is 1.52. The molecule has 1 aromatic heterocycles. The standard InChI is InChI=1S/C26H35NOS2/c1-15-5-6-20(21(9-15)17-10-18-13-27(29)14-19(18)11-17)25-24(16(2)28)22-12-26(3,4)8-7-23(22)30-25/h6,9,15,17-19,29H,5,7-8,10-14H2,1-4H3. The van der Waals surface area contributed by atoms with Crippen LogP contribution in [0.3, 0.4) is 0 Å². The van der Waals surface area contributed by atoms with Gasteiger partial charge < -0.3 is 0 Å². The monoisotopic (exact) mass is 441 g/mol. The smallest absolute Gasteiger partial charge is 0.161 e. The molecule has 0 aromatic carbocycles. The molecule has 0 radical (unpaired) electrons. The van der Waals surface area contributed by atoms with Crippen molar-refractivity contribution in [1.29, 1.82) is 0 Å².